The number of carbonyl (C=O) groups excluding carboxylic acids is 2. The number of likely N-dealkylation sites (N-methyl/N-ethyl adjacent to an activating group) is 1. The Bertz CT molecular complexity index is 946. The fourth-order valence-corrected chi connectivity index (χ4v) is 3.86. The zero-order chi connectivity index (χ0) is 22.2. The van der Waals surface area contributed by atoms with Crippen LogP contribution in [-0.2, 0) is 20.7 Å². The number of amides is 1. The van der Waals surface area contributed by atoms with Crippen LogP contribution in [0.3, 0.4) is 0 Å². The van der Waals surface area contributed by atoms with Gasteiger partial charge in [0, 0.05) is 26.1 Å². The number of aryl methyl sites for hydroxylation is 1. The van der Waals surface area contributed by atoms with Crippen LogP contribution in [0.15, 0.2) is 48.5 Å². The fraction of sp³-hybridized carbons (Fsp3) is 0.391. The van der Waals surface area contributed by atoms with Crippen LogP contribution in [0.4, 0.5) is 11.4 Å². The van der Waals surface area contributed by atoms with Crippen molar-refractivity contribution in [3.05, 3.63) is 69.8 Å². The molecule has 1 atom stereocenters. The molecule has 0 aromatic heterocycles. The zero-order valence-corrected chi connectivity index (χ0v) is 17.6. The molecule has 2 aromatic carbocycles. The fourth-order valence-electron chi connectivity index (χ4n) is 3.86. The summed E-state index contributed by atoms with van der Waals surface area (Å²) >= 11 is 0. The second-order valence-electron chi connectivity index (χ2n) is 7.58. The van der Waals surface area contributed by atoms with E-state index >= 15 is 0 Å². The third-order valence-electron chi connectivity index (χ3n) is 5.53. The maximum Gasteiger partial charge on any atom is 0.306 e. The van der Waals surface area contributed by atoms with E-state index in [9.17, 15) is 19.7 Å². The molecule has 0 heterocycles. The third-order valence-corrected chi connectivity index (χ3v) is 5.53. The summed E-state index contributed by atoms with van der Waals surface area (Å²) in [7, 11) is 1.75. The summed E-state index contributed by atoms with van der Waals surface area (Å²) in [5.41, 5.74) is 2.83. The van der Waals surface area contributed by atoms with Crippen LogP contribution in [0, 0.1) is 10.1 Å². The van der Waals surface area contributed by atoms with E-state index in [-0.39, 0.29) is 30.7 Å². The first-order valence-electron chi connectivity index (χ1n) is 10.4. The van der Waals surface area contributed by atoms with Gasteiger partial charge in [-0.05, 0) is 42.9 Å². The van der Waals surface area contributed by atoms with Gasteiger partial charge in [-0.2, -0.15) is 0 Å². The highest BCUT2D eigenvalue weighted by Crippen LogP contribution is 2.33. The SMILES string of the molecule is CN(C(=O)COC(=O)CCCNc1ccccc1[N+](=O)[O-])[C@@H]1CCCc2ccccc21. The minimum atomic E-state index is -0.463. The van der Waals surface area contributed by atoms with Crippen LogP contribution < -0.4 is 5.32 Å². The van der Waals surface area contributed by atoms with Gasteiger partial charge in [0.05, 0.1) is 11.0 Å². The van der Waals surface area contributed by atoms with Crippen LogP contribution >= 0.6 is 0 Å². The van der Waals surface area contributed by atoms with Crippen LogP contribution in [0.1, 0.15) is 42.9 Å². The monoisotopic (exact) mass is 425 g/mol. The van der Waals surface area contributed by atoms with E-state index < -0.39 is 10.9 Å². The Morgan fingerprint density at radius 1 is 1.19 bits per heavy atom. The molecule has 0 saturated carbocycles. The highest BCUT2D eigenvalue weighted by atomic mass is 16.6. The highest BCUT2D eigenvalue weighted by molar-refractivity contribution is 5.81. The Morgan fingerprint density at radius 2 is 1.94 bits per heavy atom. The number of para-hydroxylation sites is 2. The molecular weight excluding hydrogens is 398 g/mol. The number of nitrogens with zero attached hydrogens (tertiary/aromatic N) is 2. The maximum absolute atomic E-state index is 12.5. The number of nitro benzene ring substituents is 1. The van der Waals surface area contributed by atoms with E-state index in [2.05, 4.69) is 17.4 Å². The van der Waals surface area contributed by atoms with Gasteiger partial charge in [0.2, 0.25) is 0 Å². The van der Waals surface area contributed by atoms with Crippen LogP contribution in [0.25, 0.3) is 0 Å². The number of hydrogen-bond donors (Lipinski definition) is 1. The van der Waals surface area contributed by atoms with Gasteiger partial charge in [0.1, 0.15) is 5.69 Å². The van der Waals surface area contributed by atoms with Crippen LogP contribution in [-0.4, -0.2) is 41.9 Å². The van der Waals surface area contributed by atoms with Crippen molar-refractivity contribution in [2.75, 3.05) is 25.5 Å². The summed E-state index contributed by atoms with van der Waals surface area (Å²) < 4.78 is 5.15. The Morgan fingerprint density at radius 3 is 2.74 bits per heavy atom. The maximum atomic E-state index is 12.5. The molecule has 2 aromatic rings. The summed E-state index contributed by atoms with van der Waals surface area (Å²) in [6, 6.07) is 14.5. The van der Waals surface area contributed by atoms with Gasteiger partial charge in [0.25, 0.3) is 11.6 Å². The first-order chi connectivity index (χ1) is 15.0. The second kappa shape index (κ2) is 10.6. The Kier molecular flexibility index (Phi) is 7.59. The quantitative estimate of drug-likeness (QED) is 0.283. The van der Waals surface area contributed by atoms with Crippen LogP contribution in [0.2, 0.25) is 0 Å². The van der Waals surface area contributed by atoms with E-state index in [1.807, 2.05) is 12.1 Å². The summed E-state index contributed by atoms with van der Waals surface area (Å²) in [4.78, 5) is 36.8. The lowest BCUT2D eigenvalue weighted by atomic mass is 9.87. The molecule has 0 unspecified atom stereocenters. The first-order valence-corrected chi connectivity index (χ1v) is 10.4. The van der Waals surface area contributed by atoms with Crippen LogP contribution in [0.5, 0.6) is 0 Å². The summed E-state index contributed by atoms with van der Waals surface area (Å²) in [5.74, 6) is -0.691. The molecule has 0 aliphatic heterocycles. The van der Waals surface area contributed by atoms with Crippen molar-refractivity contribution in [3.63, 3.8) is 0 Å². The number of carbonyl (C=O) groups is 2. The molecule has 1 aliphatic rings. The zero-order valence-electron chi connectivity index (χ0n) is 17.6. The van der Waals surface area contributed by atoms with Gasteiger partial charge >= 0.3 is 5.97 Å². The lowest BCUT2D eigenvalue weighted by molar-refractivity contribution is -0.384. The number of ether oxygens (including phenoxy) is 1. The number of esters is 1. The number of nitro groups is 1. The molecular formula is C23H27N3O5. The molecule has 0 fully saturated rings. The van der Waals surface area contributed by atoms with Crippen molar-refractivity contribution in [2.24, 2.45) is 0 Å². The van der Waals surface area contributed by atoms with Crippen molar-refractivity contribution in [1.82, 2.24) is 4.90 Å². The Balaban J connectivity index is 1.41. The van der Waals surface area contributed by atoms with Gasteiger partial charge in [-0.25, -0.2) is 0 Å². The highest BCUT2D eigenvalue weighted by Gasteiger charge is 2.26. The number of anilines is 1. The van der Waals surface area contributed by atoms with Gasteiger partial charge < -0.3 is 15.0 Å². The average molecular weight is 425 g/mol. The van der Waals surface area contributed by atoms with Gasteiger partial charge in [-0.3, -0.25) is 19.7 Å². The number of rotatable bonds is 9. The molecule has 31 heavy (non-hydrogen) atoms. The summed E-state index contributed by atoms with van der Waals surface area (Å²) in [6.45, 7) is 0.0955. The number of fused-ring (bicyclic) bond motifs is 1. The van der Waals surface area contributed by atoms with E-state index in [4.69, 9.17) is 4.74 Å². The number of nitrogens with one attached hydrogen (secondary N) is 1. The van der Waals surface area contributed by atoms with Gasteiger partial charge in [-0.15, -0.1) is 0 Å². The predicted molar refractivity (Wildman–Crippen MR) is 117 cm³/mol. The Labute approximate surface area is 181 Å². The normalized spacial score (nSPS) is 14.9. The second-order valence-corrected chi connectivity index (χ2v) is 7.58. The molecule has 164 valence electrons. The largest absolute Gasteiger partial charge is 0.456 e. The van der Waals surface area contributed by atoms with Gasteiger partial charge in [0.15, 0.2) is 6.61 Å². The minimum Gasteiger partial charge on any atom is -0.456 e. The molecule has 0 bridgehead atoms. The molecule has 0 spiro atoms. The molecule has 0 radical (unpaired) electrons. The first kappa shape index (κ1) is 22.3. The molecule has 0 saturated heterocycles. The molecule has 1 amide bonds. The van der Waals surface area contributed by atoms with Crippen molar-refractivity contribution >= 4 is 23.3 Å². The average Bonchev–Trinajstić information content (AvgIpc) is 2.79. The lowest BCUT2D eigenvalue weighted by Gasteiger charge is -2.33. The van der Waals surface area contributed by atoms with E-state index in [0.717, 1.165) is 24.8 Å². The lowest BCUT2D eigenvalue weighted by Crippen LogP contribution is -2.36. The molecule has 1 aliphatic carbocycles. The Hall–Kier alpha value is -3.42. The van der Waals surface area contributed by atoms with E-state index in [1.165, 1.54) is 11.6 Å². The van der Waals surface area contributed by atoms with E-state index in [0.29, 0.717) is 18.7 Å². The minimum absolute atomic E-state index is 0.00187. The standard InChI is InChI=1S/C23H27N3O5/c1-25(20-13-6-9-17-8-2-3-10-18(17)20)22(27)16-31-23(28)14-7-15-24-19-11-4-5-12-21(19)26(29)30/h2-5,8,10-12,20,24H,6-7,9,13-16H2,1H3/t20-/m1/s1. The van der Waals surface area contributed by atoms with Crippen molar-refractivity contribution in [3.8, 4) is 0 Å². The molecule has 8 nitrogen and oxygen atoms in total. The number of benzene rings is 2. The van der Waals surface area contributed by atoms with Crippen molar-refractivity contribution < 1.29 is 19.2 Å². The van der Waals surface area contributed by atoms with Crippen molar-refractivity contribution in [1.29, 1.82) is 0 Å². The summed E-state index contributed by atoms with van der Waals surface area (Å²) in [6.07, 6.45) is 3.49. The third kappa shape index (κ3) is 5.81. The topological polar surface area (TPSA) is 102 Å². The predicted octanol–water partition coefficient (Wildman–Crippen LogP) is 3.87. The number of hydrogen-bond acceptors (Lipinski definition) is 6. The van der Waals surface area contributed by atoms with Gasteiger partial charge in [-0.1, -0.05) is 36.4 Å². The smallest absolute Gasteiger partial charge is 0.306 e. The molecule has 3 rings (SSSR count). The van der Waals surface area contributed by atoms with Crippen molar-refractivity contribution in [2.45, 2.75) is 38.1 Å². The summed E-state index contributed by atoms with van der Waals surface area (Å²) in [5, 5.41) is 14.0. The molecule has 8 heteroatoms. The molecule has 1 N–H and O–H groups in total. The van der Waals surface area contributed by atoms with E-state index in [1.54, 1.807) is 30.1 Å².